The number of aromatic nitrogens is 1. The van der Waals surface area contributed by atoms with Crippen LogP contribution in [0.1, 0.15) is 49.3 Å². The lowest BCUT2D eigenvalue weighted by atomic mass is 9.80. The highest BCUT2D eigenvalue weighted by Gasteiger charge is 2.27. The third kappa shape index (κ3) is 3.25. The quantitative estimate of drug-likeness (QED) is 0.909. The molecule has 104 valence electrons. The van der Waals surface area contributed by atoms with Gasteiger partial charge < -0.3 is 9.84 Å². The predicted molar refractivity (Wildman–Crippen MR) is 72.5 cm³/mol. The van der Waals surface area contributed by atoms with E-state index in [1.165, 1.54) is 0 Å². The Kier molecular flexibility index (Phi) is 4.08. The zero-order chi connectivity index (χ0) is 14.0. The smallest absolute Gasteiger partial charge is 0.358 e. The van der Waals surface area contributed by atoms with E-state index >= 15 is 0 Å². The minimum absolute atomic E-state index is 0.0197. The largest absolute Gasteiger partial charge is 0.488 e. The van der Waals surface area contributed by atoms with Gasteiger partial charge in [-0.25, -0.2) is 9.78 Å². The number of rotatable bonds is 3. The molecule has 1 aliphatic rings. The van der Waals surface area contributed by atoms with Gasteiger partial charge >= 0.3 is 5.97 Å². The molecule has 1 fully saturated rings. The van der Waals surface area contributed by atoms with E-state index in [1.807, 2.05) is 0 Å². The molecule has 0 aromatic carbocycles. The molecule has 0 bridgehead atoms. The monoisotopic (exact) mass is 263 g/mol. The van der Waals surface area contributed by atoms with Crippen molar-refractivity contribution < 1.29 is 14.6 Å². The van der Waals surface area contributed by atoms with Gasteiger partial charge in [0.15, 0.2) is 11.4 Å². The van der Waals surface area contributed by atoms with Crippen molar-refractivity contribution in [2.24, 2.45) is 11.8 Å². The highest BCUT2D eigenvalue weighted by Crippen LogP contribution is 2.32. The standard InChI is InChI=1S/C15H21NO3/c1-9-4-6-12(8-10(9)2)19-13-7-5-11(3)16-14(13)15(17)18/h5,7,9-10,12H,4,6,8H2,1-3H3,(H,17,18). The van der Waals surface area contributed by atoms with Gasteiger partial charge in [-0.2, -0.15) is 0 Å². The Morgan fingerprint density at radius 1 is 1.32 bits per heavy atom. The van der Waals surface area contributed by atoms with Crippen LogP contribution in [0, 0.1) is 18.8 Å². The van der Waals surface area contributed by atoms with Gasteiger partial charge in [0.2, 0.25) is 0 Å². The Hall–Kier alpha value is -1.58. The molecule has 0 amide bonds. The van der Waals surface area contributed by atoms with Crippen LogP contribution in [0.25, 0.3) is 0 Å². The van der Waals surface area contributed by atoms with Gasteiger partial charge in [-0.05, 0) is 50.2 Å². The van der Waals surface area contributed by atoms with Crippen molar-refractivity contribution in [1.29, 1.82) is 0 Å². The topological polar surface area (TPSA) is 59.4 Å². The van der Waals surface area contributed by atoms with E-state index in [4.69, 9.17) is 4.74 Å². The van der Waals surface area contributed by atoms with Crippen molar-refractivity contribution in [3.05, 3.63) is 23.5 Å². The Morgan fingerprint density at radius 3 is 2.68 bits per heavy atom. The van der Waals surface area contributed by atoms with Crippen LogP contribution in [0.2, 0.25) is 0 Å². The molecule has 19 heavy (non-hydrogen) atoms. The highest BCUT2D eigenvalue weighted by molar-refractivity contribution is 5.88. The first-order valence-electron chi connectivity index (χ1n) is 6.85. The van der Waals surface area contributed by atoms with Crippen LogP contribution in [-0.4, -0.2) is 22.2 Å². The van der Waals surface area contributed by atoms with Crippen LogP contribution in [0.5, 0.6) is 5.75 Å². The highest BCUT2D eigenvalue weighted by atomic mass is 16.5. The second-order valence-electron chi connectivity index (χ2n) is 5.61. The van der Waals surface area contributed by atoms with Crippen molar-refractivity contribution in [3.8, 4) is 5.75 Å². The number of aromatic carboxylic acids is 1. The van der Waals surface area contributed by atoms with Crippen molar-refractivity contribution in [2.45, 2.75) is 46.1 Å². The average Bonchev–Trinajstić information content (AvgIpc) is 2.36. The molecule has 0 spiro atoms. The number of carboxylic acid groups (broad SMARTS) is 1. The molecular formula is C15H21NO3. The maximum absolute atomic E-state index is 11.2. The molecule has 2 rings (SSSR count). The summed E-state index contributed by atoms with van der Waals surface area (Å²) in [7, 11) is 0. The predicted octanol–water partition coefficient (Wildman–Crippen LogP) is 3.29. The Balaban J connectivity index is 2.13. The molecular weight excluding hydrogens is 242 g/mol. The minimum atomic E-state index is -1.03. The van der Waals surface area contributed by atoms with E-state index in [-0.39, 0.29) is 11.8 Å². The molecule has 4 nitrogen and oxygen atoms in total. The zero-order valence-corrected chi connectivity index (χ0v) is 11.7. The fourth-order valence-corrected chi connectivity index (χ4v) is 2.58. The second-order valence-corrected chi connectivity index (χ2v) is 5.61. The van der Waals surface area contributed by atoms with Gasteiger partial charge in [-0.1, -0.05) is 13.8 Å². The van der Waals surface area contributed by atoms with E-state index < -0.39 is 5.97 Å². The molecule has 1 aromatic rings. The summed E-state index contributed by atoms with van der Waals surface area (Å²) in [5.74, 6) is 0.696. The fraction of sp³-hybridized carbons (Fsp3) is 0.600. The summed E-state index contributed by atoms with van der Waals surface area (Å²) in [5, 5.41) is 9.17. The van der Waals surface area contributed by atoms with Gasteiger partial charge in [0.05, 0.1) is 6.10 Å². The first-order chi connectivity index (χ1) is 8.97. The molecule has 1 N–H and O–H groups in total. The number of aryl methyl sites for hydroxylation is 1. The van der Waals surface area contributed by atoms with Crippen molar-refractivity contribution in [1.82, 2.24) is 4.98 Å². The lowest BCUT2D eigenvalue weighted by molar-refractivity contribution is 0.0667. The molecule has 0 saturated heterocycles. The summed E-state index contributed by atoms with van der Waals surface area (Å²) in [5.41, 5.74) is 0.710. The lowest BCUT2D eigenvalue weighted by Crippen LogP contribution is -2.29. The van der Waals surface area contributed by atoms with E-state index in [0.29, 0.717) is 17.4 Å². The summed E-state index contributed by atoms with van der Waals surface area (Å²) >= 11 is 0. The van der Waals surface area contributed by atoms with Gasteiger partial charge in [0.1, 0.15) is 0 Å². The number of hydrogen-bond acceptors (Lipinski definition) is 3. The molecule has 3 unspecified atom stereocenters. The molecule has 1 heterocycles. The summed E-state index contributed by atoms with van der Waals surface area (Å²) in [4.78, 5) is 15.2. The summed E-state index contributed by atoms with van der Waals surface area (Å²) in [6, 6.07) is 3.51. The third-order valence-electron chi connectivity index (χ3n) is 4.04. The van der Waals surface area contributed by atoms with Gasteiger partial charge in [-0.15, -0.1) is 0 Å². The van der Waals surface area contributed by atoms with Crippen LogP contribution in [0.15, 0.2) is 12.1 Å². The molecule has 1 saturated carbocycles. The SMILES string of the molecule is Cc1ccc(OC2CCC(C)C(C)C2)c(C(=O)O)n1. The van der Waals surface area contributed by atoms with E-state index in [0.717, 1.165) is 25.2 Å². The fourth-order valence-electron chi connectivity index (χ4n) is 2.58. The van der Waals surface area contributed by atoms with Crippen LogP contribution in [0.3, 0.4) is 0 Å². The van der Waals surface area contributed by atoms with E-state index in [1.54, 1.807) is 19.1 Å². The zero-order valence-electron chi connectivity index (χ0n) is 11.7. The minimum Gasteiger partial charge on any atom is -0.488 e. The molecule has 1 aromatic heterocycles. The molecule has 0 radical (unpaired) electrons. The summed E-state index contributed by atoms with van der Waals surface area (Å²) in [6.07, 6.45) is 3.20. The summed E-state index contributed by atoms with van der Waals surface area (Å²) in [6.45, 7) is 6.27. The number of carboxylic acids is 1. The number of hydrogen-bond donors (Lipinski definition) is 1. The maximum Gasteiger partial charge on any atom is 0.358 e. The van der Waals surface area contributed by atoms with E-state index in [9.17, 15) is 9.90 Å². The first-order valence-corrected chi connectivity index (χ1v) is 6.85. The number of ether oxygens (including phenoxy) is 1. The molecule has 4 heteroatoms. The van der Waals surface area contributed by atoms with Crippen LogP contribution >= 0.6 is 0 Å². The van der Waals surface area contributed by atoms with Crippen molar-refractivity contribution in [2.75, 3.05) is 0 Å². The van der Waals surface area contributed by atoms with Crippen LogP contribution in [-0.2, 0) is 0 Å². The van der Waals surface area contributed by atoms with Gasteiger partial charge in [0, 0.05) is 5.69 Å². The number of pyridine rings is 1. The van der Waals surface area contributed by atoms with Gasteiger partial charge in [-0.3, -0.25) is 0 Å². The normalized spacial score (nSPS) is 27.0. The second kappa shape index (κ2) is 5.59. The number of carbonyl (C=O) groups is 1. The average molecular weight is 263 g/mol. The Labute approximate surface area is 113 Å². The van der Waals surface area contributed by atoms with Crippen LogP contribution in [0.4, 0.5) is 0 Å². The first kappa shape index (κ1) is 13.8. The van der Waals surface area contributed by atoms with Gasteiger partial charge in [0.25, 0.3) is 0 Å². The summed E-state index contributed by atoms with van der Waals surface area (Å²) < 4.78 is 5.88. The van der Waals surface area contributed by atoms with E-state index in [2.05, 4.69) is 18.8 Å². The number of nitrogens with zero attached hydrogens (tertiary/aromatic N) is 1. The van der Waals surface area contributed by atoms with Crippen LogP contribution < -0.4 is 4.74 Å². The molecule has 1 aliphatic carbocycles. The van der Waals surface area contributed by atoms with Crippen molar-refractivity contribution >= 4 is 5.97 Å². The molecule has 0 aliphatic heterocycles. The Morgan fingerprint density at radius 2 is 2.05 bits per heavy atom. The Bertz CT molecular complexity index is 472. The molecule has 3 atom stereocenters. The third-order valence-corrected chi connectivity index (χ3v) is 4.04. The van der Waals surface area contributed by atoms with Crippen molar-refractivity contribution in [3.63, 3.8) is 0 Å². The maximum atomic E-state index is 11.2. The lowest BCUT2D eigenvalue weighted by Gasteiger charge is -2.32.